The molecule has 0 spiro atoms. The zero-order chi connectivity index (χ0) is 14.8. The monoisotopic (exact) mass is 276 g/mol. The normalized spacial score (nSPS) is 12.4. The second kappa shape index (κ2) is 9.54. The zero-order valence-corrected chi connectivity index (χ0v) is 12.8. The number of hydrogen-bond donors (Lipinski definition) is 2. The molecule has 1 amide bonds. The number of nitrogens with two attached hydrogens (primary N) is 1. The summed E-state index contributed by atoms with van der Waals surface area (Å²) in [5.74, 6) is 0.706. The minimum absolute atomic E-state index is 0.0848. The highest BCUT2D eigenvalue weighted by molar-refractivity contribution is 5.82. The van der Waals surface area contributed by atoms with Crippen LogP contribution in [-0.2, 0) is 4.79 Å². The van der Waals surface area contributed by atoms with Crippen molar-refractivity contribution in [2.75, 3.05) is 6.54 Å². The van der Waals surface area contributed by atoms with E-state index >= 15 is 0 Å². The van der Waals surface area contributed by atoms with Crippen LogP contribution < -0.4 is 11.1 Å². The van der Waals surface area contributed by atoms with Gasteiger partial charge in [0.1, 0.15) is 6.04 Å². The Balaban J connectivity index is 2.11. The third-order valence-electron chi connectivity index (χ3n) is 3.45. The highest BCUT2D eigenvalue weighted by Crippen LogP contribution is 2.10. The highest BCUT2D eigenvalue weighted by Gasteiger charge is 2.14. The summed E-state index contributed by atoms with van der Waals surface area (Å²) in [4.78, 5) is 11.9. The van der Waals surface area contributed by atoms with Crippen LogP contribution in [0.5, 0.6) is 0 Å². The van der Waals surface area contributed by atoms with Crippen LogP contribution in [0.25, 0.3) is 0 Å². The minimum Gasteiger partial charge on any atom is -0.354 e. The molecule has 0 aliphatic carbocycles. The Labute approximate surface area is 122 Å². The summed E-state index contributed by atoms with van der Waals surface area (Å²) < 4.78 is 0. The maximum atomic E-state index is 11.9. The number of nitrogens with one attached hydrogen (secondary N) is 1. The summed E-state index contributed by atoms with van der Waals surface area (Å²) in [7, 11) is 0. The van der Waals surface area contributed by atoms with Gasteiger partial charge in [0.05, 0.1) is 0 Å². The fourth-order valence-electron chi connectivity index (χ4n) is 2.16. The van der Waals surface area contributed by atoms with Gasteiger partial charge in [-0.15, -0.1) is 0 Å². The van der Waals surface area contributed by atoms with Crippen LogP contribution in [-0.4, -0.2) is 12.5 Å². The van der Waals surface area contributed by atoms with Crippen molar-refractivity contribution in [3.8, 4) is 0 Å². The molecule has 20 heavy (non-hydrogen) atoms. The maximum absolute atomic E-state index is 11.9. The summed E-state index contributed by atoms with van der Waals surface area (Å²) >= 11 is 0. The summed E-state index contributed by atoms with van der Waals surface area (Å²) in [5.41, 5.74) is 6.79. The third kappa shape index (κ3) is 6.71. The quantitative estimate of drug-likeness (QED) is 0.679. The van der Waals surface area contributed by atoms with E-state index in [-0.39, 0.29) is 5.91 Å². The molecule has 112 valence electrons. The molecule has 1 aromatic carbocycles. The SMILES string of the molecule is CC(C)CCCCCCNC(=O)[C@H](N)c1ccccc1. The largest absolute Gasteiger partial charge is 0.354 e. The van der Waals surface area contributed by atoms with E-state index in [9.17, 15) is 4.79 Å². The lowest BCUT2D eigenvalue weighted by molar-refractivity contribution is -0.122. The summed E-state index contributed by atoms with van der Waals surface area (Å²) in [5, 5.41) is 2.92. The molecule has 3 nitrogen and oxygen atoms in total. The smallest absolute Gasteiger partial charge is 0.241 e. The van der Waals surface area contributed by atoms with Crippen molar-refractivity contribution in [3.63, 3.8) is 0 Å². The number of unbranched alkanes of at least 4 members (excludes halogenated alkanes) is 3. The van der Waals surface area contributed by atoms with Gasteiger partial charge in [-0.3, -0.25) is 4.79 Å². The van der Waals surface area contributed by atoms with Crippen LogP contribution in [0.4, 0.5) is 0 Å². The predicted octanol–water partition coefficient (Wildman–Crippen LogP) is 3.41. The maximum Gasteiger partial charge on any atom is 0.241 e. The molecule has 1 aromatic rings. The summed E-state index contributed by atoms with van der Waals surface area (Å²) in [6.07, 6.45) is 6.04. The predicted molar refractivity (Wildman–Crippen MR) is 84.3 cm³/mol. The molecule has 1 atom stereocenters. The molecule has 0 saturated heterocycles. The first-order chi connectivity index (χ1) is 9.61. The summed E-state index contributed by atoms with van der Waals surface area (Å²) in [6, 6.07) is 8.93. The molecule has 0 saturated carbocycles. The van der Waals surface area contributed by atoms with E-state index < -0.39 is 6.04 Å². The van der Waals surface area contributed by atoms with Crippen molar-refractivity contribution in [2.24, 2.45) is 11.7 Å². The Hall–Kier alpha value is -1.35. The number of hydrogen-bond acceptors (Lipinski definition) is 2. The summed E-state index contributed by atoms with van der Waals surface area (Å²) in [6.45, 7) is 5.23. The molecule has 0 aliphatic rings. The van der Waals surface area contributed by atoms with Crippen molar-refractivity contribution in [3.05, 3.63) is 35.9 Å². The highest BCUT2D eigenvalue weighted by atomic mass is 16.2. The number of amides is 1. The molecule has 3 N–H and O–H groups in total. The molecular weight excluding hydrogens is 248 g/mol. The first kappa shape index (κ1) is 16.7. The fraction of sp³-hybridized carbons (Fsp3) is 0.588. The Morgan fingerprint density at radius 2 is 1.75 bits per heavy atom. The average molecular weight is 276 g/mol. The van der Waals surface area contributed by atoms with E-state index in [1.807, 2.05) is 30.3 Å². The van der Waals surface area contributed by atoms with Gasteiger partial charge in [0.2, 0.25) is 5.91 Å². The molecule has 0 radical (unpaired) electrons. The molecular formula is C17H28N2O. The Morgan fingerprint density at radius 3 is 2.40 bits per heavy atom. The van der Waals surface area contributed by atoms with Crippen LogP contribution in [0.15, 0.2) is 30.3 Å². The lowest BCUT2D eigenvalue weighted by Crippen LogP contribution is -2.34. The molecule has 1 rings (SSSR count). The topological polar surface area (TPSA) is 55.1 Å². The second-order valence-electron chi connectivity index (χ2n) is 5.78. The van der Waals surface area contributed by atoms with Gasteiger partial charge in [-0.05, 0) is 17.9 Å². The Morgan fingerprint density at radius 1 is 1.10 bits per heavy atom. The molecule has 0 fully saturated rings. The van der Waals surface area contributed by atoms with Crippen LogP contribution in [0.2, 0.25) is 0 Å². The number of rotatable bonds is 9. The van der Waals surface area contributed by atoms with Gasteiger partial charge in [-0.2, -0.15) is 0 Å². The standard InChI is InChI=1S/C17H28N2O/c1-14(2)10-6-3-4-9-13-19-17(20)16(18)15-11-7-5-8-12-15/h5,7-8,11-12,14,16H,3-4,6,9-10,13,18H2,1-2H3,(H,19,20)/t16-/m1/s1. The van der Waals surface area contributed by atoms with Crippen molar-refractivity contribution >= 4 is 5.91 Å². The van der Waals surface area contributed by atoms with Crippen LogP contribution in [0.3, 0.4) is 0 Å². The molecule has 3 heteroatoms. The van der Waals surface area contributed by atoms with Crippen LogP contribution in [0.1, 0.15) is 57.6 Å². The van der Waals surface area contributed by atoms with Gasteiger partial charge in [0.15, 0.2) is 0 Å². The van der Waals surface area contributed by atoms with Gasteiger partial charge in [-0.1, -0.05) is 69.9 Å². The van der Waals surface area contributed by atoms with Gasteiger partial charge in [0.25, 0.3) is 0 Å². The average Bonchev–Trinajstić information content (AvgIpc) is 2.45. The lowest BCUT2D eigenvalue weighted by atomic mass is 10.0. The lowest BCUT2D eigenvalue weighted by Gasteiger charge is -2.12. The first-order valence-electron chi connectivity index (χ1n) is 7.69. The molecule has 0 aromatic heterocycles. The van der Waals surface area contributed by atoms with E-state index in [0.29, 0.717) is 0 Å². The third-order valence-corrected chi connectivity index (χ3v) is 3.45. The minimum atomic E-state index is -0.558. The second-order valence-corrected chi connectivity index (χ2v) is 5.78. The molecule has 0 heterocycles. The number of carbonyl (C=O) groups is 1. The van der Waals surface area contributed by atoms with E-state index in [0.717, 1.165) is 24.4 Å². The number of benzene rings is 1. The Bertz CT molecular complexity index is 376. The van der Waals surface area contributed by atoms with Gasteiger partial charge < -0.3 is 11.1 Å². The molecule has 0 bridgehead atoms. The van der Waals surface area contributed by atoms with Crippen molar-refractivity contribution < 1.29 is 4.79 Å². The molecule has 0 aliphatic heterocycles. The Kier molecular flexibility index (Phi) is 7.97. The van der Waals surface area contributed by atoms with Gasteiger partial charge >= 0.3 is 0 Å². The zero-order valence-electron chi connectivity index (χ0n) is 12.8. The van der Waals surface area contributed by atoms with Crippen molar-refractivity contribution in [1.82, 2.24) is 5.32 Å². The van der Waals surface area contributed by atoms with Crippen molar-refractivity contribution in [1.29, 1.82) is 0 Å². The van der Waals surface area contributed by atoms with E-state index in [1.165, 1.54) is 25.7 Å². The van der Waals surface area contributed by atoms with Crippen molar-refractivity contribution in [2.45, 2.75) is 52.0 Å². The van der Waals surface area contributed by atoms with Crippen LogP contribution >= 0.6 is 0 Å². The molecule has 0 unspecified atom stereocenters. The van der Waals surface area contributed by atoms with E-state index in [1.54, 1.807) is 0 Å². The van der Waals surface area contributed by atoms with Gasteiger partial charge in [0, 0.05) is 6.54 Å². The fourth-order valence-corrected chi connectivity index (χ4v) is 2.16. The van der Waals surface area contributed by atoms with E-state index in [2.05, 4.69) is 19.2 Å². The first-order valence-corrected chi connectivity index (χ1v) is 7.69. The van der Waals surface area contributed by atoms with Gasteiger partial charge in [-0.25, -0.2) is 0 Å². The van der Waals surface area contributed by atoms with Crippen LogP contribution in [0, 0.1) is 5.92 Å². The van der Waals surface area contributed by atoms with E-state index in [4.69, 9.17) is 5.73 Å². The number of carbonyl (C=O) groups excluding carboxylic acids is 1.